The molecule has 5 nitrogen and oxygen atoms in total. The smallest absolute Gasteiger partial charge is 0.376 e. The lowest BCUT2D eigenvalue weighted by molar-refractivity contribution is -0.137. The van der Waals surface area contributed by atoms with Gasteiger partial charge in [0.05, 0.1) is 12.1 Å². The third-order valence-corrected chi connectivity index (χ3v) is 3.46. The van der Waals surface area contributed by atoms with E-state index >= 15 is 0 Å². The number of nitrogens with zero attached hydrogens (tertiary/aromatic N) is 1. The van der Waals surface area contributed by atoms with Crippen LogP contribution in [0, 0.1) is 0 Å². The number of nitrogens with one attached hydrogen (secondary N) is 2. The summed E-state index contributed by atoms with van der Waals surface area (Å²) in [5.74, 6) is -0.580. The lowest BCUT2D eigenvalue weighted by atomic mass is 10.2. The van der Waals surface area contributed by atoms with Crippen LogP contribution in [0.25, 0.3) is 0 Å². The Morgan fingerprint density at radius 2 is 1.65 bits per heavy atom. The number of hydrogen-bond donors (Lipinski definition) is 2. The molecule has 0 aromatic heterocycles. The molecule has 0 unspecified atom stereocenters. The van der Waals surface area contributed by atoms with Gasteiger partial charge in [-0.2, -0.15) is 13.2 Å². The van der Waals surface area contributed by atoms with Gasteiger partial charge in [0.2, 0.25) is 5.91 Å². The summed E-state index contributed by atoms with van der Waals surface area (Å²) in [6, 6.07) is 10.9. The largest absolute Gasteiger partial charge is 0.416 e. The molecule has 0 atom stereocenters. The molecule has 0 saturated carbocycles. The number of halogens is 3. The van der Waals surface area contributed by atoms with Crippen molar-refractivity contribution in [1.29, 1.82) is 0 Å². The van der Waals surface area contributed by atoms with Gasteiger partial charge in [0, 0.05) is 31.0 Å². The lowest BCUT2D eigenvalue weighted by Crippen LogP contribution is -2.23. The summed E-state index contributed by atoms with van der Waals surface area (Å²) in [7, 11) is 3.25. The Kier molecular flexibility index (Phi) is 5.86. The standard InChI is InChI=1S/C18H18F3N3O2/c1-24(2)17(26)12-4-3-5-15(10-12)23-16(25)11-22-14-8-6-13(7-9-14)18(19,20)21/h3-10,22H,11H2,1-2H3,(H,23,25). The Hall–Kier alpha value is -3.03. The van der Waals surface area contributed by atoms with Crippen LogP contribution in [-0.4, -0.2) is 37.4 Å². The van der Waals surface area contributed by atoms with Gasteiger partial charge < -0.3 is 15.5 Å². The first-order chi connectivity index (χ1) is 12.2. The van der Waals surface area contributed by atoms with E-state index in [0.717, 1.165) is 12.1 Å². The predicted octanol–water partition coefficient (Wildman–Crippen LogP) is 3.46. The van der Waals surface area contributed by atoms with Gasteiger partial charge in [-0.15, -0.1) is 0 Å². The summed E-state index contributed by atoms with van der Waals surface area (Å²) >= 11 is 0. The maximum atomic E-state index is 12.5. The highest BCUT2D eigenvalue weighted by Gasteiger charge is 2.29. The van der Waals surface area contributed by atoms with Gasteiger partial charge in [-0.05, 0) is 42.5 Å². The SMILES string of the molecule is CN(C)C(=O)c1cccc(NC(=O)CNc2ccc(C(F)(F)F)cc2)c1. The van der Waals surface area contributed by atoms with Crippen LogP contribution in [0.2, 0.25) is 0 Å². The molecule has 2 N–H and O–H groups in total. The molecule has 0 saturated heterocycles. The van der Waals surface area contributed by atoms with Crippen molar-refractivity contribution in [3.05, 3.63) is 59.7 Å². The maximum absolute atomic E-state index is 12.5. The average molecular weight is 365 g/mol. The van der Waals surface area contributed by atoms with E-state index in [0.29, 0.717) is 16.9 Å². The van der Waals surface area contributed by atoms with Crippen molar-refractivity contribution in [2.75, 3.05) is 31.3 Å². The van der Waals surface area contributed by atoms with Crippen molar-refractivity contribution in [3.63, 3.8) is 0 Å². The molecule has 0 heterocycles. The second-order valence-corrected chi connectivity index (χ2v) is 5.76. The van der Waals surface area contributed by atoms with Crippen molar-refractivity contribution in [1.82, 2.24) is 4.90 Å². The summed E-state index contributed by atoms with van der Waals surface area (Å²) in [5.41, 5.74) is 0.528. The normalized spacial score (nSPS) is 11.0. The predicted molar refractivity (Wildman–Crippen MR) is 93.0 cm³/mol. The van der Waals surface area contributed by atoms with Gasteiger partial charge in [0.15, 0.2) is 0 Å². The second-order valence-electron chi connectivity index (χ2n) is 5.76. The van der Waals surface area contributed by atoms with Crippen molar-refractivity contribution >= 4 is 23.2 Å². The molecule has 0 aliphatic heterocycles. The molecule has 2 rings (SSSR count). The fourth-order valence-corrected chi connectivity index (χ4v) is 2.15. The molecule has 0 aliphatic carbocycles. The number of carbonyl (C=O) groups excluding carboxylic acids is 2. The second kappa shape index (κ2) is 7.90. The number of anilines is 2. The molecule has 2 aromatic rings. The van der Waals surface area contributed by atoms with E-state index in [4.69, 9.17) is 0 Å². The van der Waals surface area contributed by atoms with Crippen molar-refractivity contribution in [2.24, 2.45) is 0 Å². The quantitative estimate of drug-likeness (QED) is 0.853. The molecular weight excluding hydrogens is 347 g/mol. The van der Waals surface area contributed by atoms with E-state index in [-0.39, 0.29) is 18.4 Å². The molecule has 0 fully saturated rings. The Labute approximate surface area is 148 Å². The van der Waals surface area contributed by atoms with Crippen LogP contribution in [0.3, 0.4) is 0 Å². The minimum atomic E-state index is -4.40. The number of hydrogen-bond acceptors (Lipinski definition) is 3. The Bertz CT molecular complexity index is 787. The van der Waals surface area contributed by atoms with E-state index in [9.17, 15) is 22.8 Å². The third-order valence-electron chi connectivity index (χ3n) is 3.46. The van der Waals surface area contributed by atoms with Gasteiger partial charge in [-0.25, -0.2) is 0 Å². The summed E-state index contributed by atoms with van der Waals surface area (Å²) < 4.78 is 37.5. The topological polar surface area (TPSA) is 61.4 Å². The van der Waals surface area contributed by atoms with Crippen LogP contribution in [-0.2, 0) is 11.0 Å². The zero-order valence-electron chi connectivity index (χ0n) is 14.2. The van der Waals surface area contributed by atoms with Crippen LogP contribution >= 0.6 is 0 Å². The molecule has 0 aliphatic rings. The summed E-state index contributed by atoms with van der Waals surface area (Å²) in [4.78, 5) is 25.3. The van der Waals surface area contributed by atoms with Crippen molar-refractivity contribution in [3.8, 4) is 0 Å². The van der Waals surface area contributed by atoms with E-state index < -0.39 is 11.7 Å². The van der Waals surface area contributed by atoms with E-state index in [1.807, 2.05) is 0 Å². The molecule has 0 bridgehead atoms. The minimum Gasteiger partial charge on any atom is -0.376 e. The van der Waals surface area contributed by atoms with E-state index in [1.165, 1.54) is 17.0 Å². The first-order valence-electron chi connectivity index (χ1n) is 7.69. The molecule has 2 aromatic carbocycles. The fraction of sp³-hybridized carbons (Fsp3) is 0.222. The first-order valence-corrected chi connectivity index (χ1v) is 7.69. The van der Waals surface area contributed by atoms with Crippen LogP contribution < -0.4 is 10.6 Å². The van der Waals surface area contributed by atoms with Crippen LogP contribution in [0.1, 0.15) is 15.9 Å². The first kappa shape index (κ1) is 19.3. The molecule has 26 heavy (non-hydrogen) atoms. The van der Waals surface area contributed by atoms with E-state index in [2.05, 4.69) is 10.6 Å². The zero-order chi connectivity index (χ0) is 19.3. The van der Waals surface area contributed by atoms with Crippen molar-refractivity contribution < 1.29 is 22.8 Å². The van der Waals surface area contributed by atoms with Gasteiger partial charge in [0.1, 0.15) is 0 Å². The maximum Gasteiger partial charge on any atom is 0.416 e. The van der Waals surface area contributed by atoms with Crippen molar-refractivity contribution in [2.45, 2.75) is 6.18 Å². The molecule has 0 radical (unpaired) electrons. The monoisotopic (exact) mass is 365 g/mol. The molecule has 8 heteroatoms. The minimum absolute atomic E-state index is 0.128. The van der Waals surface area contributed by atoms with E-state index in [1.54, 1.807) is 38.4 Å². The molecule has 2 amide bonds. The number of carbonyl (C=O) groups is 2. The van der Waals surface area contributed by atoms with Crippen LogP contribution in [0.5, 0.6) is 0 Å². The lowest BCUT2D eigenvalue weighted by Gasteiger charge is -2.12. The van der Waals surface area contributed by atoms with Gasteiger partial charge in [-0.1, -0.05) is 6.07 Å². The van der Waals surface area contributed by atoms with Gasteiger partial charge in [0.25, 0.3) is 5.91 Å². The van der Waals surface area contributed by atoms with Gasteiger partial charge in [-0.3, -0.25) is 9.59 Å². The summed E-state index contributed by atoms with van der Waals surface area (Å²) in [6.07, 6.45) is -4.40. The Morgan fingerprint density at radius 3 is 2.23 bits per heavy atom. The highest BCUT2D eigenvalue weighted by atomic mass is 19.4. The number of benzene rings is 2. The number of amides is 2. The molecular formula is C18H18F3N3O2. The Balaban J connectivity index is 1.93. The molecule has 138 valence electrons. The summed E-state index contributed by atoms with van der Waals surface area (Å²) in [6.45, 7) is -0.128. The van der Waals surface area contributed by atoms with Gasteiger partial charge >= 0.3 is 6.18 Å². The Morgan fingerprint density at radius 1 is 1.00 bits per heavy atom. The highest BCUT2D eigenvalue weighted by Crippen LogP contribution is 2.29. The summed E-state index contributed by atoms with van der Waals surface area (Å²) in [5, 5.41) is 5.37. The average Bonchev–Trinajstić information content (AvgIpc) is 2.59. The zero-order valence-corrected chi connectivity index (χ0v) is 14.2. The van der Waals surface area contributed by atoms with Crippen LogP contribution in [0.4, 0.5) is 24.5 Å². The highest BCUT2D eigenvalue weighted by molar-refractivity contribution is 5.97. The third kappa shape index (κ3) is 5.23. The number of alkyl halides is 3. The number of rotatable bonds is 5. The van der Waals surface area contributed by atoms with Crippen LogP contribution in [0.15, 0.2) is 48.5 Å². The fourth-order valence-electron chi connectivity index (χ4n) is 2.15. The molecule has 0 spiro atoms.